The van der Waals surface area contributed by atoms with Crippen LogP contribution in [0.4, 0.5) is 0 Å². The SMILES string of the molecule is CCCCC(=O)C(=O)C(C)=O. The number of Topliss-reactive ketones (excluding diaryl/α,β-unsaturated/α-hetero) is 3. The third-order valence-electron chi connectivity index (χ3n) is 1.33. The second kappa shape index (κ2) is 4.77. The second-order valence-electron chi connectivity index (χ2n) is 2.41. The van der Waals surface area contributed by atoms with Gasteiger partial charge in [-0.1, -0.05) is 13.3 Å². The first kappa shape index (κ1) is 10.0. The third kappa shape index (κ3) is 3.65. The number of rotatable bonds is 5. The maximum atomic E-state index is 10.8. The summed E-state index contributed by atoms with van der Waals surface area (Å²) in [6, 6.07) is 0. The molecule has 0 unspecified atom stereocenters. The fraction of sp³-hybridized carbons (Fsp3) is 0.625. The van der Waals surface area contributed by atoms with E-state index in [9.17, 15) is 14.4 Å². The number of carbonyl (C=O) groups excluding carboxylic acids is 3. The van der Waals surface area contributed by atoms with E-state index in [0.717, 1.165) is 13.3 Å². The van der Waals surface area contributed by atoms with E-state index in [1.165, 1.54) is 0 Å². The predicted molar refractivity (Wildman–Crippen MR) is 40.2 cm³/mol. The molecule has 0 aliphatic carbocycles. The summed E-state index contributed by atoms with van der Waals surface area (Å²) < 4.78 is 0. The fourth-order valence-corrected chi connectivity index (χ4v) is 0.647. The summed E-state index contributed by atoms with van der Waals surface area (Å²) in [7, 11) is 0. The summed E-state index contributed by atoms with van der Waals surface area (Å²) in [4.78, 5) is 31.8. The van der Waals surface area contributed by atoms with Crippen molar-refractivity contribution in [1.29, 1.82) is 0 Å². The Labute approximate surface area is 65.8 Å². The number of hydrogen-bond donors (Lipinski definition) is 0. The van der Waals surface area contributed by atoms with Gasteiger partial charge in [-0.3, -0.25) is 14.4 Å². The Hall–Kier alpha value is -0.990. The second-order valence-corrected chi connectivity index (χ2v) is 2.41. The highest BCUT2D eigenvalue weighted by Gasteiger charge is 2.16. The van der Waals surface area contributed by atoms with E-state index >= 15 is 0 Å². The minimum absolute atomic E-state index is 0.203. The van der Waals surface area contributed by atoms with Gasteiger partial charge in [-0.25, -0.2) is 0 Å². The van der Waals surface area contributed by atoms with Crippen molar-refractivity contribution >= 4 is 17.3 Å². The van der Waals surface area contributed by atoms with Crippen LogP contribution in [0.2, 0.25) is 0 Å². The van der Waals surface area contributed by atoms with E-state index in [2.05, 4.69) is 0 Å². The van der Waals surface area contributed by atoms with Crippen molar-refractivity contribution in [3.05, 3.63) is 0 Å². The minimum Gasteiger partial charge on any atom is -0.291 e. The molecular weight excluding hydrogens is 144 g/mol. The Morgan fingerprint density at radius 3 is 2.09 bits per heavy atom. The monoisotopic (exact) mass is 156 g/mol. The first-order valence-corrected chi connectivity index (χ1v) is 3.67. The molecular formula is C8H12O3. The van der Waals surface area contributed by atoms with Crippen molar-refractivity contribution in [3.8, 4) is 0 Å². The third-order valence-corrected chi connectivity index (χ3v) is 1.33. The molecule has 0 saturated heterocycles. The van der Waals surface area contributed by atoms with Crippen molar-refractivity contribution < 1.29 is 14.4 Å². The first-order chi connectivity index (χ1) is 5.09. The lowest BCUT2D eigenvalue weighted by Gasteiger charge is -1.93. The molecule has 0 radical (unpaired) electrons. The van der Waals surface area contributed by atoms with E-state index in [0.29, 0.717) is 6.42 Å². The lowest BCUT2D eigenvalue weighted by Crippen LogP contribution is -2.20. The molecule has 0 aromatic heterocycles. The maximum absolute atomic E-state index is 10.8. The molecule has 62 valence electrons. The van der Waals surface area contributed by atoms with Crippen LogP contribution in [0.1, 0.15) is 33.1 Å². The lowest BCUT2D eigenvalue weighted by atomic mass is 10.1. The van der Waals surface area contributed by atoms with Gasteiger partial charge in [0.2, 0.25) is 11.6 Å². The molecule has 0 amide bonds. The molecule has 0 spiro atoms. The molecule has 0 N–H and O–H groups in total. The van der Waals surface area contributed by atoms with E-state index in [1.54, 1.807) is 0 Å². The van der Waals surface area contributed by atoms with Gasteiger partial charge in [-0.05, 0) is 6.42 Å². The van der Waals surface area contributed by atoms with Crippen LogP contribution in [0.3, 0.4) is 0 Å². The molecule has 0 fully saturated rings. The average Bonchev–Trinajstić information content (AvgIpc) is 1.98. The van der Waals surface area contributed by atoms with E-state index in [1.807, 2.05) is 6.92 Å². The van der Waals surface area contributed by atoms with Gasteiger partial charge in [0.05, 0.1) is 0 Å². The number of unbranched alkanes of at least 4 members (excludes halogenated alkanes) is 1. The Morgan fingerprint density at radius 2 is 1.73 bits per heavy atom. The molecule has 0 aromatic carbocycles. The Kier molecular flexibility index (Phi) is 4.34. The highest BCUT2D eigenvalue weighted by molar-refractivity contribution is 6.63. The van der Waals surface area contributed by atoms with E-state index in [4.69, 9.17) is 0 Å². The zero-order chi connectivity index (χ0) is 8.85. The van der Waals surface area contributed by atoms with Gasteiger partial charge in [0.25, 0.3) is 5.78 Å². The highest BCUT2D eigenvalue weighted by atomic mass is 16.2. The van der Waals surface area contributed by atoms with Crippen molar-refractivity contribution in [2.45, 2.75) is 33.1 Å². The van der Waals surface area contributed by atoms with Crippen LogP contribution in [-0.4, -0.2) is 17.3 Å². The summed E-state index contributed by atoms with van der Waals surface area (Å²) in [5.74, 6) is -2.08. The van der Waals surface area contributed by atoms with E-state index < -0.39 is 17.3 Å². The van der Waals surface area contributed by atoms with Crippen LogP contribution >= 0.6 is 0 Å². The minimum atomic E-state index is -0.863. The van der Waals surface area contributed by atoms with Crippen molar-refractivity contribution in [3.63, 3.8) is 0 Å². The van der Waals surface area contributed by atoms with Crippen LogP contribution in [0.15, 0.2) is 0 Å². The summed E-state index contributed by atoms with van der Waals surface area (Å²) in [5.41, 5.74) is 0. The van der Waals surface area contributed by atoms with Gasteiger partial charge in [0, 0.05) is 13.3 Å². The summed E-state index contributed by atoms with van der Waals surface area (Å²) in [6.45, 7) is 3.04. The Balaban J connectivity index is 3.84. The quantitative estimate of drug-likeness (QED) is 0.439. The van der Waals surface area contributed by atoms with Gasteiger partial charge in [0.15, 0.2) is 0 Å². The van der Waals surface area contributed by atoms with Crippen molar-refractivity contribution in [2.24, 2.45) is 0 Å². The number of hydrogen-bond acceptors (Lipinski definition) is 3. The van der Waals surface area contributed by atoms with Crippen LogP contribution in [0, 0.1) is 0 Å². The molecule has 0 aliphatic rings. The van der Waals surface area contributed by atoms with Gasteiger partial charge >= 0.3 is 0 Å². The van der Waals surface area contributed by atoms with Crippen LogP contribution in [-0.2, 0) is 14.4 Å². The predicted octanol–water partition coefficient (Wildman–Crippen LogP) is 0.904. The molecule has 3 heteroatoms. The van der Waals surface area contributed by atoms with Gasteiger partial charge < -0.3 is 0 Å². The van der Waals surface area contributed by atoms with Crippen LogP contribution < -0.4 is 0 Å². The number of carbonyl (C=O) groups is 3. The zero-order valence-electron chi connectivity index (χ0n) is 6.85. The highest BCUT2D eigenvalue weighted by Crippen LogP contribution is 1.96. The summed E-state index contributed by atoms with van der Waals surface area (Å²) >= 11 is 0. The van der Waals surface area contributed by atoms with Gasteiger partial charge in [0.1, 0.15) is 0 Å². The molecule has 0 aliphatic heterocycles. The largest absolute Gasteiger partial charge is 0.291 e. The molecule has 0 aromatic rings. The zero-order valence-corrected chi connectivity index (χ0v) is 6.85. The smallest absolute Gasteiger partial charge is 0.263 e. The van der Waals surface area contributed by atoms with Gasteiger partial charge in [-0.2, -0.15) is 0 Å². The molecule has 0 rings (SSSR count). The standard InChI is InChI=1S/C8H12O3/c1-3-4-5-7(10)8(11)6(2)9/h3-5H2,1-2H3. The molecule has 0 atom stereocenters. The normalized spacial score (nSPS) is 9.27. The van der Waals surface area contributed by atoms with Crippen LogP contribution in [0.25, 0.3) is 0 Å². The Bertz CT molecular complexity index is 182. The molecule has 0 saturated carbocycles. The maximum Gasteiger partial charge on any atom is 0.263 e. The van der Waals surface area contributed by atoms with E-state index in [-0.39, 0.29) is 6.42 Å². The molecule has 0 bridgehead atoms. The van der Waals surface area contributed by atoms with Crippen LogP contribution in [0.5, 0.6) is 0 Å². The molecule has 11 heavy (non-hydrogen) atoms. The topological polar surface area (TPSA) is 51.2 Å². The first-order valence-electron chi connectivity index (χ1n) is 3.67. The Morgan fingerprint density at radius 1 is 1.18 bits per heavy atom. The van der Waals surface area contributed by atoms with Crippen molar-refractivity contribution in [1.82, 2.24) is 0 Å². The molecule has 3 nitrogen and oxygen atoms in total. The van der Waals surface area contributed by atoms with Crippen molar-refractivity contribution in [2.75, 3.05) is 0 Å². The summed E-state index contributed by atoms with van der Waals surface area (Å²) in [5, 5.41) is 0. The summed E-state index contributed by atoms with van der Waals surface area (Å²) in [6.07, 6.45) is 1.74. The number of ketones is 3. The molecule has 0 heterocycles. The average molecular weight is 156 g/mol. The van der Waals surface area contributed by atoms with Gasteiger partial charge in [-0.15, -0.1) is 0 Å². The fourth-order valence-electron chi connectivity index (χ4n) is 0.647. The lowest BCUT2D eigenvalue weighted by molar-refractivity contribution is -0.143.